The fraction of sp³-hybridized carbons (Fsp3) is 0.609. The molecule has 0 aromatic carbocycles. The number of rotatable bonds is 4. The van der Waals surface area contributed by atoms with Gasteiger partial charge in [0.15, 0.2) is 0 Å². The van der Waals surface area contributed by atoms with E-state index < -0.39 is 5.60 Å². The number of anilines is 1. The predicted molar refractivity (Wildman–Crippen MR) is 112 cm³/mol. The molecule has 6 heteroatoms. The number of ether oxygens (including phenoxy) is 1. The van der Waals surface area contributed by atoms with E-state index in [1.54, 1.807) is 6.92 Å². The van der Waals surface area contributed by atoms with Crippen LogP contribution in [0.2, 0.25) is 0 Å². The number of nitrogens with zero attached hydrogens (tertiary/aromatic N) is 3. The van der Waals surface area contributed by atoms with Gasteiger partial charge in [-0.05, 0) is 50.7 Å². The Bertz CT molecular complexity index is 860. The van der Waals surface area contributed by atoms with E-state index in [2.05, 4.69) is 16.0 Å². The van der Waals surface area contributed by atoms with Gasteiger partial charge in [-0.25, -0.2) is 4.98 Å². The Morgan fingerprint density at radius 3 is 2.66 bits per heavy atom. The summed E-state index contributed by atoms with van der Waals surface area (Å²) in [6.07, 6.45) is 8.47. The second-order valence-corrected chi connectivity index (χ2v) is 9.13. The number of carbonyl (C=O) groups excluding carboxylic acids is 1. The molecule has 1 saturated heterocycles. The molecule has 1 aromatic heterocycles. The first-order valence-electron chi connectivity index (χ1n) is 10.9. The van der Waals surface area contributed by atoms with Crippen LogP contribution in [0.25, 0.3) is 0 Å². The van der Waals surface area contributed by atoms with Crippen molar-refractivity contribution in [3.63, 3.8) is 0 Å². The molecule has 6 nitrogen and oxygen atoms in total. The van der Waals surface area contributed by atoms with E-state index >= 15 is 0 Å². The van der Waals surface area contributed by atoms with Gasteiger partial charge in [-0.3, -0.25) is 9.79 Å². The Morgan fingerprint density at radius 2 is 2.00 bits per heavy atom. The topological polar surface area (TPSA) is 75.0 Å². The Morgan fingerprint density at radius 1 is 1.21 bits per heavy atom. The van der Waals surface area contributed by atoms with Crippen molar-refractivity contribution in [1.29, 1.82) is 0 Å². The van der Waals surface area contributed by atoms with E-state index in [1.165, 1.54) is 6.42 Å². The number of aromatic nitrogens is 1. The molecule has 5 rings (SSSR count). The standard InChI is InChI=1S/C23H29N3O3/c1-23(28)12-18(27)11-16-13-25-22(21(16)23)15-7-9-26(10-8-15)17-5-6-20(24-14-17)29-19-3-2-4-19/h5-6,14-15,19,28H,2-4,7-13H2,1H3. The first-order valence-corrected chi connectivity index (χ1v) is 10.9. The Kier molecular flexibility index (Phi) is 4.69. The van der Waals surface area contributed by atoms with Crippen LogP contribution in [0, 0.1) is 5.92 Å². The van der Waals surface area contributed by atoms with Crippen molar-refractivity contribution < 1.29 is 14.6 Å². The van der Waals surface area contributed by atoms with Crippen molar-refractivity contribution in [3.05, 3.63) is 29.5 Å². The van der Waals surface area contributed by atoms with Crippen molar-refractivity contribution in [2.45, 2.75) is 63.6 Å². The van der Waals surface area contributed by atoms with Crippen LogP contribution in [0.5, 0.6) is 5.88 Å². The van der Waals surface area contributed by atoms with Crippen LogP contribution < -0.4 is 9.64 Å². The Labute approximate surface area is 171 Å². The van der Waals surface area contributed by atoms with Crippen LogP contribution in [0.4, 0.5) is 5.69 Å². The lowest BCUT2D eigenvalue weighted by atomic mass is 9.74. The van der Waals surface area contributed by atoms with Crippen LogP contribution in [-0.2, 0) is 4.79 Å². The van der Waals surface area contributed by atoms with Gasteiger partial charge in [-0.1, -0.05) is 0 Å². The van der Waals surface area contributed by atoms with Crippen molar-refractivity contribution in [2.75, 3.05) is 24.5 Å². The van der Waals surface area contributed by atoms with E-state index in [1.807, 2.05) is 12.3 Å². The zero-order valence-electron chi connectivity index (χ0n) is 17.1. The minimum Gasteiger partial charge on any atom is -0.474 e. The molecule has 1 aromatic rings. The molecule has 0 spiro atoms. The predicted octanol–water partition coefficient (Wildman–Crippen LogP) is 3.09. The summed E-state index contributed by atoms with van der Waals surface area (Å²) < 4.78 is 5.86. The summed E-state index contributed by atoms with van der Waals surface area (Å²) in [6, 6.07) is 4.08. The summed E-state index contributed by atoms with van der Waals surface area (Å²) in [5.41, 5.74) is 3.13. The van der Waals surface area contributed by atoms with E-state index in [0.29, 0.717) is 25.0 Å². The van der Waals surface area contributed by atoms with Gasteiger partial charge in [0.05, 0.1) is 24.0 Å². The minimum atomic E-state index is -1.06. The molecule has 154 valence electrons. The number of hydrogen-bond acceptors (Lipinski definition) is 6. The zero-order valence-corrected chi connectivity index (χ0v) is 17.1. The first-order chi connectivity index (χ1) is 14.0. The maximum Gasteiger partial charge on any atom is 0.213 e. The molecule has 1 atom stereocenters. The molecule has 2 fully saturated rings. The highest BCUT2D eigenvalue weighted by molar-refractivity contribution is 6.08. The van der Waals surface area contributed by atoms with E-state index in [9.17, 15) is 9.90 Å². The fourth-order valence-corrected chi connectivity index (χ4v) is 5.13. The first kappa shape index (κ1) is 18.8. The smallest absolute Gasteiger partial charge is 0.213 e. The van der Waals surface area contributed by atoms with Crippen LogP contribution in [-0.4, -0.2) is 52.9 Å². The molecule has 2 aliphatic carbocycles. The molecular formula is C23H29N3O3. The molecule has 2 aliphatic heterocycles. The third kappa shape index (κ3) is 3.59. The van der Waals surface area contributed by atoms with Crippen LogP contribution in [0.3, 0.4) is 0 Å². The van der Waals surface area contributed by atoms with Gasteiger partial charge in [-0.2, -0.15) is 0 Å². The third-order valence-corrected chi connectivity index (χ3v) is 6.85. The summed E-state index contributed by atoms with van der Waals surface area (Å²) in [6.45, 7) is 4.24. The summed E-state index contributed by atoms with van der Waals surface area (Å²) in [7, 11) is 0. The zero-order chi connectivity index (χ0) is 20.0. The molecular weight excluding hydrogens is 366 g/mol. The van der Waals surface area contributed by atoms with Gasteiger partial charge >= 0.3 is 0 Å². The molecule has 0 bridgehead atoms. The molecule has 1 saturated carbocycles. The maximum atomic E-state index is 11.9. The average Bonchev–Trinajstić information content (AvgIpc) is 3.10. The van der Waals surface area contributed by atoms with Gasteiger partial charge < -0.3 is 14.7 Å². The second kappa shape index (κ2) is 7.24. The SMILES string of the molecule is CC1(O)CC(=O)CC2=C1C(C1CCN(c3ccc(OC4CCC4)nc3)CC1)=NC2. The highest BCUT2D eigenvalue weighted by Gasteiger charge is 2.43. The van der Waals surface area contributed by atoms with Gasteiger partial charge in [0.25, 0.3) is 0 Å². The lowest BCUT2D eigenvalue weighted by molar-refractivity contribution is -0.122. The third-order valence-electron chi connectivity index (χ3n) is 6.85. The summed E-state index contributed by atoms with van der Waals surface area (Å²) in [4.78, 5) is 23.6. The second-order valence-electron chi connectivity index (χ2n) is 9.13. The molecule has 0 radical (unpaired) electrons. The normalized spacial score (nSPS) is 28.3. The van der Waals surface area contributed by atoms with Gasteiger partial charge in [0.2, 0.25) is 5.88 Å². The number of Topliss-reactive ketones (excluding diaryl/α,β-unsaturated/α-hetero) is 1. The number of aliphatic imine (C=N–C) groups is 1. The van der Waals surface area contributed by atoms with Crippen molar-refractivity contribution in [2.24, 2.45) is 10.9 Å². The highest BCUT2D eigenvalue weighted by Crippen LogP contribution is 2.40. The average molecular weight is 396 g/mol. The Hall–Kier alpha value is -2.21. The van der Waals surface area contributed by atoms with Gasteiger partial charge in [0, 0.05) is 49.2 Å². The minimum absolute atomic E-state index is 0.122. The lowest BCUT2D eigenvalue weighted by Crippen LogP contribution is -2.42. The molecule has 1 N–H and O–H groups in total. The monoisotopic (exact) mass is 395 g/mol. The molecule has 29 heavy (non-hydrogen) atoms. The number of carbonyl (C=O) groups is 1. The van der Waals surface area contributed by atoms with E-state index in [0.717, 1.165) is 67.2 Å². The Balaban J connectivity index is 1.22. The number of hydrogen-bond donors (Lipinski definition) is 1. The van der Waals surface area contributed by atoms with E-state index in [4.69, 9.17) is 9.73 Å². The summed E-state index contributed by atoms with van der Waals surface area (Å²) in [5, 5.41) is 10.9. The quantitative estimate of drug-likeness (QED) is 0.848. The number of ketones is 1. The fourth-order valence-electron chi connectivity index (χ4n) is 5.13. The number of aliphatic hydroxyl groups is 1. The number of piperidine rings is 1. The summed E-state index contributed by atoms with van der Waals surface area (Å²) in [5.74, 6) is 1.20. The van der Waals surface area contributed by atoms with Gasteiger partial charge in [0.1, 0.15) is 11.9 Å². The molecule has 1 unspecified atom stereocenters. The van der Waals surface area contributed by atoms with Crippen LogP contribution >= 0.6 is 0 Å². The van der Waals surface area contributed by atoms with Crippen molar-refractivity contribution >= 4 is 17.2 Å². The highest BCUT2D eigenvalue weighted by atomic mass is 16.5. The molecule has 4 aliphatic rings. The van der Waals surface area contributed by atoms with Crippen LogP contribution in [0.15, 0.2) is 34.5 Å². The van der Waals surface area contributed by atoms with Crippen molar-refractivity contribution in [3.8, 4) is 5.88 Å². The number of pyridine rings is 1. The molecule has 3 heterocycles. The maximum absolute atomic E-state index is 11.9. The lowest BCUT2D eigenvalue weighted by Gasteiger charge is -2.37. The van der Waals surface area contributed by atoms with Gasteiger partial charge in [-0.15, -0.1) is 0 Å². The van der Waals surface area contributed by atoms with Crippen LogP contribution in [0.1, 0.15) is 51.9 Å². The summed E-state index contributed by atoms with van der Waals surface area (Å²) >= 11 is 0. The molecule has 0 amide bonds. The largest absolute Gasteiger partial charge is 0.474 e. The van der Waals surface area contributed by atoms with E-state index in [-0.39, 0.29) is 12.2 Å². The van der Waals surface area contributed by atoms with Crippen molar-refractivity contribution in [1.82, 2.24) is 4.98 Å².